The molecule has 6 nitrogen and oxygen atoms in total. The van der Waals surface area contributed by atoms with Crippen molar-refractivity contribution < 1.29 is 0 Å². The van der Waals surface area contributed by atoms with Crippen LogP contribution in [-0.2, 0) is 7.05 Å². The molecule has 21 heavy (non-hydrogen) atoms. The lowest BCUT2D eigenvalue weighted by atomic mass is 10.1. The molecule has 0 saturated heterocycles. The van der Waals surface area contributed by atoms with Crippen molar-refractivity contribution in [1.29, 1.82) is 0 Å². The number of nitrogens with zero attached hydrogens (tertiary/aromatic N) is 5. The summed E-state index contributed by atoms with van der Waals surface area (Å²) in [5.74, 6) is 0. The quantitative estimate of drug-likeness (QED) is 0.496. The van der Waals surface area contributed by atoms with Crippen molar-refractivity contribution >= 4 is 21.9 Å². The number of hydrogen-bond donors (Lipinski definition) is 0. The van der Waals surface area contributed by atoms with Crippen LogP contribution in [0.5, 0.6) is 0 Å². The molecule has 1 aromatic carbocycles. The zero-order valence-corrected chi connectivity index (χ0v) is 11.3. The smallest absolute Gasteiger partial charge is 0.215 e. The van der Waals surface area contributed by atoms with Gasteiger partial charge in [0.25, 0.3) is 0 Å². The Morgan fingerprint density at radius 3 is 2.86 bits per heavy atom. The molecule has 0 aliphatic carbocycles. The van der Waals surface area contributed by atoms with Gasteiger partial charge in [0, 0.05) is 18.6 Å². The number of fused-ring (bicyclic) bond motifs is 2. The average Bonchev–Trinajstić information content (AvgIpc) is 3.06. The molecule has 0 N–H and O–H groups in total. The summed E-state index contributed by atoms with van der Waals surface area (Å²) in [7, 11) is 1.93. The molecule has 4 aromatic rings. The van der Waals surface area contributed by atoms with Crippen LogP contribution in [0.3, 0.4) is 0 Å². The van der Waals surface area contributed by atoms with Crippen molar-refractivity contribution in [1.82, 2.24) is 24.3 Å². The average molecular weight is 277 g/mol. The van der Waals surface area contributed by atoms with Gasteiger partial charge in [0.15, 0.2) is 0 Å². The van der Waals surface area contributed by atoms with E-state index in [1.165, 1.54) is 6.33 Å². The molecule has 0 saturated carbocycles. The molecule has 3 aromatic heterocycles. The topological polar surface area (TPSA) is 65.6 Å². The van der Waals surface area contributed by atoms with E-state index in [4.69, 9.17) is 0 Å². The first kappa shape index (κ1) is 11.8. The van der Waals surface area contributed by atoms with Gasteiger partial charge in [-0.2, -0.15) is 5.10 Å². The van der Waals surface area contributed by atoms with Gasteiger partial charge in [-0.1, -0.05) is 0 Å². The summed E-state index contributed by atoms with van der Waals surface area (Å²) in [6.07, 6.45) is 4.74. The highest BCUT2D eigenvalue weighted by molar-refractivity contribution is 5.92. The number of aromatic nitrogens is 5. The molecule has 0 unspecified atom stereocenters. The number of hydrogen-bond acceptors (Lipinski definition) is 4. The Balaban J connectivity index is 2.15. The van der Waals surface area contributed by atoms with Gasteiger partial charge in [-0.25, -0.2) is 9.67 Å². The van der Waals surface area contributed by atoms with E-state index >= 15 is 0 Å². The minimum Gasteiger partial charge on any atom is -0.342 e. The summed E-state index contributed by atoms with van der Waals surface area (Å²) in [6, 6.07) is 9.31. The molecule has 0 aliphatic rings. The highest BCUT2D eigenvalue weighted by Gasteiger charge is 2.10. The number of aryl methyl sites for hydroxylation is 1. The fourth-order valence-corrected chi connectivity index (χ4v) is 2.57. The molecule has 0 aliphatic heterocycles. The number of benzene rings is 1. The maximum absolute atomic E-state index is 12.5. The Morgan fingerprint density at radius 2 is 2.05 bits per heavy atom. The van der Waals surface area contributed by atoms with Crippen molar-refractivity contribution in [3.8, 4) is 5.69 Å². The molecule has 0 amide bonds. The molecule has 3 heterocycles. The second-order valence-electron chi connectivity index (χ2n) is 4.80. The van der Waals surface area contributed by atoms with Crippen LogP contribution in [0.25, 0.3) is 27.6 Å². The third kappa shape index (κ3) is 1.66. The Kier molecular flexibility index (Phi) is 2.38. The van der Waals surface area contributed by atoms with Crippen LogP contribution in [0.4, 0.5) is 0 Å². The maximum Gasteiger partial charge on any atom is 0.215 e. The van der Waals surface area contributed by atoms with Crippen molar-refractivity contribution in [2.24, 2.45) is 7.05 Å². The minimum atomic E-state index is -0.0520. The summed E-state index contributed by atoms with van der Waals surface area (Å²) in [6.45, 7) is 0. The predicted octanol–water partition coefficient (Wildman–Crippen LogP) is 1.67. The van der Waals surface area contributed by atoms with E-state index < -0.39 is 0 Å². The van der Waals surface area contributed by atoms with Crippen LogP contribution in [-0.4, -0.2) is 24.3 Å². The monoisotopic (exact) mass is 277 g/mol. The van der Waals surface area contributed by atoms with Gasteiger partial charge in [-0.15, -0.1) is 0 Å². The predicted molar refractivity (Wildman–Crippen MR) is 79.4 cm³/mol. The first-order chi connectivity index (χ1) is 10.3. The third-order valence-corrected chi connectivity index (χ3v) is 3.63. The standard InChI is InChI=1S/C15H11N5O/c1-19-12-3-2-6-17-14(12)15(21)11-5-4-10(7-13(11)19)20-9-16-8-18-20/h2-9H,1H3. The number of pyridine rings is 2. The van der Waals surface area contributed by atoms with E-state index in [9.17, 15) is 4.79 Å². The maximum atomic E-state index is 12.5. The van der Waals surface area contributed by atoms with Gasteiger partial charge in [0.2, 0.25) is 5.43 Å². The Bertz CT molecular complexity index is 1020. The zero-order valence-electron chi connectivity index (χ0n) is 11.3. The van der Waals surface area contributed by atoms with E-state index in [2.05, 4.69) is 15.1 Å². The molecular formula is C15H11N5O. The van der Waals surface area contributed by atoms with Crippen LogP contribution >= 0.6 is 0 Å². The third-order valence-electron chi connectivity index (χ3n) is 3.63. The van der Waals surface area contributed by atoms with Crippen LogP contribution < -0.4 is 5.43 Å². The molecular weight excluding hydrogens is 266 g/mol. The van der Waals surface area contributed by atoms with Crippen molar-refractivity contribution in [3.63, 3.8) is 0 Å². The van der Waals surface area contributed by atoms with Gasteiger partial charge in [0.05, 0.1) is 16.7 Å². The van der Waals surface area contributed by atoms with Gasteiger partial charge >= 0.3 is 0 Å². The van der Waals surface area contributed by atoms with Gasteiger partial charge in [-0.3, -0.25) is 9.78 Å². The number of rotatable bonds is 1. The minimum absolute atomic E-state index is 0.0520. The van der Waals surface area contributed by atoms with E-state index in [0.29, 0.717) is 10.9 Å². The highest BCUT2D eigenvalue weighted by atomic mass is 16.1. The summed E-state index contributed by atoms with van der Waals surface area (Å²) < 4.78 is 3.64. The normalized spacial score (nSPS) is 11.3. The molecule has 102 valence electrons. The van der Waals surface area contributed by atoms with Crippen LogP contribution in [0.15, 0.2) is 54.0 Å². The molecule has 4 rings (SSSR count). The first-order valence-electron chi connectivity index (χ1n) is 6.48. The zero-order chi connectivity index (χ0) is 14.4. The van der Waals surface area contributed by atoms with Crippen LogP contribution in [0.1, 0.15) is 0 Å². The highest BCUT2D eigenvalue weighted by Crippen LogP contribution is 2.19. The Hall–Kier alpha value is -3.02. The van der Waals surface area contributed by atoms with Gasteiger partial charge in [-0.05, 0) is 30.3 Å². The summed E-state index contributed by atoms with van der Waals surface area (Å²) in [4.78, 5) is 20.7. The van der Waals surface area contributed by atoms with Crippen LogP contribution in [0, 0.1) is 0 Å². The summed E-state index contributed by atoms with van der Waals surface area (Å²) >= 11 is 0. The van der Waals surface area contributed by atoms with Crippen molar-refractivity contribution in [2.75, 3.05) is 0 Å². The lowest BCUT2D eigenvalue weighted by Crippen LogP contribution is -2.11. The molecule has 0 fully saturated rings. The first-order valence-corrected chi connectivity index (χ1v) is 6.48. The molecule has 0 spiro atoms. The lowest BCUT2D eigenvalue weighted by Gasteiger charge is -2.10. The molecule has 0 bridgehead atoms. The summed E-state index contributed by atoms with van der Waals surface area (Å²) in [5.41, 5.74) is 2.95. The van der Waals surface area contributed by atoms with E-state index in [1.54, 1.807) is 17.2 Å². The van der Waals surface area contributed by atoms with E-state index in [1.807, 2.05) is 41.9 Å². The van der Waals surface area contributed by atoms with E-state index in [-0.39, 0.29) is 5.43 Å². The Labute approximate surface area is 119 Å². The lowest BCUT2D eigenvalue weighted by molar-refractivity contribution is 0.878. The van der Waals surface area contributed by atoms with Crippen molar-refractivity contribution in [2.45, 2.75) is 0 Å². The fraction of sp³-hybridized carbons (Fsp3) is 0.0667. The van der Waals surface area contributed by atoms with Gasteiger partial charge in [0.1, 0.15) is 18.2 Å². The van der Waals surface area contributed by atoms with Crippen LogP contribution in [0.2, 0.25) is 0 Å². The SMILES string of the molecule is Cn1c2cc(-n3cncn3)ccc2c(=O)c2ncccc21. The second kappa shape index (κ2) is 4.24. The molecule has 0 atom stereocenters. The second-order valence-corrected chi connectivity index (χ2v) is 4.80. The molecule has 0 radical (unpaired) electrons. The fourth-order valence-electron chi connectivity index (χ4n) is 2.57. The van der Waals surface area contributed by atoms with Crippen molar-refractivity contribution in [3.05, 3.63) is 59.4 Å². The largest absolute Gasteiger partial charge is 0.342 e. The Morgan fingerprint density at radius 1 is 1.14 bits per heavy atom. The van der Waals surface area contributed by atoms with E-state index in [0.717, 1.165) is 16.7 Å². The summed E-state index contributed by atoms with van der Waals surface area (Å²) in [5, 5.41) is 4.76. The molecule has 6 heteroatoms. The van der Waals surface area contributed by atoms with Gasteiger partial charge < -0.3 is 4.57 Å².